The van der Waals surface area contributed by atoms with E-state index in [4.69, 9.17) is 4.99 Å². The number of guanidine groups is 1. The van der Waals surface area contributed by atoms with E-state index in [9.17, 15) is 0 Å². The number of rotatable bonds is 10. The fourth-order valence-electron chi connectivity index (χ4n) is 2.34. The highest BCUT2D eigenvalue weighted by molar-refractivity contribution is 5.79. The van der Waals surface area contributed by atoms with Crippen LogP contribution >= 0.6 is 0 Å². The number of hydrogen-bond donors (Lipinski definition) is 2. The summed E-state index contributed by atoms with van der Waals surface area (Å²) in [5.74, 6) is 0.920. The van der Waals surface area contributed by atoms with Crippen LogP contribution in [0.5, 0.6) is 0 Å². The Bertz CT molecular complexity index is 326. The van der Waals surface area contributed by atoms with Crippen LogP contribution in [0.2, 0.25) is 0 Å². The van der Waals surface area contributed by atoms with Gasteiger partial charge < -0.3 is 15.5 Å². The van der Waals surface area contributed by atoms with E-state index in [1.807, 2.05) is 0 Å². The van der Waals surface area contributed by atoms with Crippen LogP contribution in [-0.2, 0) is 0 Å². The molecular formula is C18H41N5. The number of nitrogens with zero attached hydrogens (tertiary/aromatic N) is 3. The second kappa shape index (κ2) is 10.9. The molecule has 5 nitrogen and oxygen atoms in total. The molecule has 138 valence electrons. The summed E-state index contributed by atoms with van der Waals surface area (Å²) in [5, 5.41) is 6.79. The lowest BCUT2D eigenvalue weighted by molar-refractivity contribution is 0.173. The first-order valence-electron chi connectivity index (χ1n) is 9.07. The van der Waals surface area contributed by atoms with Crippen molar-refractivity contribution in [3.05, 3.63) is 0 Å². The van der Waals surface area contributed by atoms with Crippen LogP contribution in [0.3, 0.4) is 0 Å². The Hall–Kier alpha value is -0.810. The van der Waals surface area contributed by atoms with Crippen molar-refractivity contribution in [2.45, 2.75) is 72.5 Å². The summed E-state index contributed by atoms with van der Waals surface area (Å²) < 4.78 is 0. The minimum Gasteiger partial charge on any atom is -0.357 e. The van der Waals surface area contributed by atoms with Crippen molar-refractivity contribution in [2.75, 3.05) is 40.3 Å². The molecular weight excluding hydrogens is 286 g/mol. The smallest absolute Gasteiger partial charge is 0.191 e. The summed E-state index contributed by atoms with van der Waals surface area (Å²) in [6, 6.07) is 1.19. The van der Waals surface area contributed by atoms with Gasteiger partial charge in [-0.2, -0.15) is 0 Å². The van der Waals surface area contributed by atoms with Gasteiger partial charge in [0.25, 0.3) is 0 Å². The molecule has 0 bridgehead atoms. The Labute approximate surface area is 144 Å². The summed E-state index contributed by atoms with van der Waals surface area (Å²) in [7, 11) is 4.20. The Morgan fingerprint density at radius 2 is 1.61 bits per heavy atom. The lowest BCUT2D eigenvalue weighted by Gasteiger charge is -2.31. The van der Waals surface area contributed by atoms with E-state index in [2.05, 4.69) is 83.0 Å². The van der Waals surface area contributed by atoms with E-state index in [0.29, 0.717) is 12.1 Å². The van der Waals surface area contributed by atoms with Gasteiger partial charge in [-0.1, -0.05) is 0 Å². The number of nitrogens with one attached hydrogen (secondary N) is 2. The molecule has 2 N–H and O–H groups in total. The second-order valence-electron chi connectivity index (χ2n) is 7.61. The van der Waals surface area contributed by atoms with Crippen molar-refractivity contribution in [1.82, 2.24) is 20.4 Å². The molecule has 0 atom stereocenters. The molecule has 0 amide bonds. The molecule has 0 aromatic carbocycles. The summed E-state index contributed by atoms with van der Waals surface area (Å²) >= 11 is 0. The first-order chi connectivity index (χ1) is 10.6. The summed E-state index contributed by atoms with van der Waals surface area (Å²) in [6.45, 7) is 19.3. The molecule has 0 heterocycles. The van der Waals surface area contributed by atoms with Gasteiger partial charge in [-0.3, -0.25) is 9.89 Å². The van der Waals surface area contributed by atoms with Gasteiger partial charge in [-0.05, 0) is 69.0 Å². The highest BCUT2D eigenvalue weighted by atomic mass is 15.2. The van der Waals surface area contributed by atoms with Gasteiger partial charge in [-0.25, -0.2) is 0 Å². The van der Waals surface area contributed by atoms with Crippen LogP contribution in [-0.4, -0.2) is 73.7 Å². The van der Waals surface area contributed by atoms with E-state index in [0.717, 1.165) is 38.6 Å². The van der Waals surface area contributed by atoms with Crippen LogP contribution in [0.4, 0.5) is 0 Å². The predicted octanol–water partition coefficient (Wildman–Crippen LogP) is 2.39. The molecule has 0 unspecified atom stereocenters. The molecule has 0 radical (unpaired) electrons. The zero-order valence-corrected chi connectivity index (χ0v) is 17.0. The molecule has 0 aromatic heterocycles. The molecule has 0 rings (SSSR count). The van der Waals surface area contributed by atoms with Crippen LogP contribution in [0, 0.1) is 0 Å². The highest BCUT2D eigenvalue weighted by Gasteiger charge is 2.20. The van der Waals surface area contributed by atoms with Gasteiger partial charge in [0.1, 0.15) is 0 Å². The van der Waals surface area contributed by atoms with Gasteiger partial charge in [-0.15, -0.1) is 0 Å². The molecule has 0 saturated carbocycles. The van der Waals surface area contributed by atoms with Gasteiger partial charge in [0.2, 0.25) is 0 Å². The van der Waals surface area contributed by atoms with E-state index >= 15 is 0 Å². The lowest BCUT2D eigenvalue weighted by atomic mass is 10.1. The third kappa shape index (κ3) is 9.16. The normalized spacial score (nSPS) is 13.5. The predicted molar refractivity (Wildman–Crippen MR) is 103 cm³/mol. The Morgan fingerprint density at radius 1 is 1.04 bits per heavy atom. The van der Waals surface area contributed by atoms with Crippen molar-refractivity contribution in [2.24, 2.45) is 4.99 Å². The highest BCUT2D eigenvalue weighted by Crippen LogP contribution is 2.09. The van der Waals surface area contributed by atoms with E-state index < -0.39 is 0 Å². The summed E-state index contributed by atoms with van der Waals surface area (Å²) in [6.07, 6.45) is 1.12. The zero-order chi connectivity index (χ0) is 18.0. The van der Waals surface area contributed by atoms with E-state index in [1.54, 1.807) is 0 Å². The number of likely N-dealkylation sites (N-methyl/N-ethyl adjacent to an activating group) is 1. The molecule has 5 heteroatoms. The maximum atomic E-state index is 4.73. The molecule has 0 aliphatic heterocycles. The topological polar surface area (TPSA) is 42.9 Å². The SMILES string of the molecule is CCNC(=NCC(C)(C)N(C)C)NCCCN(C(C)C)C(C)C. The van der Waals surface area contributed by atoms with Crippen molar-refractivity contribution in [3.63, 3.8) is 0 Å². The lowest BCUT2D eigenvalue weighted by Crippen LogP contribution is -2.44. The van der Waals surface area contributed by atoms with Crippen LogP contribution in [0.1, 0.15) is 54.9 Å². The molecule has 0 aliphatic rings. The Balaban J connectivity index is 4.39. The second-order valence-corrected chi connectivity index (χ2v) is 7.61. The van der Waals surface area contributed by atoms with Crippen LogP contribution in [0.15, 0.2) is 4.99 Å². The fourth-order valence-corrected chi connectivity index (χ4v) is 2.34. The number of hydrogen-bond acceptors (Lipinski definition) is 3. The maximum absolute atomic E-state index is 4.73. The first-order valence-corrected chi connectivity index (χ1v) is 9.07. The third-order valence-corrected chi connectivity index (χ3v) is 4.39. The standard InChI is InChI=1S/C18H41N5/c1-10-19-17(21-14-18(6,7)22(8)9)20-12-11-13-23(15(2)3)16(4)5/h15-16H,10-14H2,1-9H3,(H2,19,20,21). The van der Waals surface area contributed by atoms with Gasteiger partial charge in [0, 0.05) is 37.3 Å². The molecule has 23 heavy (non-hydrogen) atoms. The number of aliphatic imine (C=N–C) groups is 1. The fraction of sp³-hybridized carbons (Fsp3) is 0.944. The van der Waals surface area contributed by atoms with Gasteiger partial charge in [0.15, 0.2) is 5.96 Å². The van der Waals surface area contributed by atoms with Crippen molar-refractivity contribution >= 4 is 5.96 Å². The van der Waals surface area contributed by atoms with E-state index in [1.165, 1.54) is 0 Å². The molecule has 0 aliphatic carbocycles. The van der Waals surface area contributed by atoms with Crippen molar-refractivity contribution < 1.29 is 0 Å². The minimum absolute atomic E-state index is 0.0639. The van der Waals surface area contributed by atoms with E-state index in [-0.39, 0.29) is 5.54 Å². The van der Waals surface area contributed by atoms with Crippen LogP contribution < -0.4 is 10.6 Å². The van der Waals surface area contributed by atoms with Crippen molar-refractivity contribution in [3.8, 4) is 0 Å². The molecule has 0 spiro atoms. The molecule has 0 aromatic rings. The molecule has 0 saturated heterocycles. The molecule has 0 fully saturated rings. The first kappa shape index (κ1) is 22.2. The van der Waals surface area contributed by atoms with Crippen molar-refractivity contribution in [1.29, 1.82) is 0 Å². The summed E-state index contributed by atoms with van der Waals surface area (Å²) in [5.41, 5.74) is 0.0639. The average molecular weight is 328 g/mol. The summed E-state index contributed by atoms with van der Waals surface area (Å²) in [4.78, 5) is 9.47. The monoisotopic (exact) mass is 327 g/mol. The van der Waals surface area contributed by atoms with Gasteiger partial charge in [0.05, 0.1) is 6.54 Å². The quantitative estimate of drug-likeness (QED) is 0.367. The minimum atomic E-state index is 0.0639. The van der Waals surface area contributed by atoms with Gasteiger partial charge >= 0.3 is 0 Å². The maximum Gasteiger partial charge on any atom is 0.191 e. The Morgan fingerprint density at radius 3 is 2.04 bits per heavy atom. The van der Waals surface area contributed by atoms with Crippen LogP contribution in [0.25, 0.3) is 0 Å². The third-order valence-electron chi connectivity index (χ3n) is 4.39. The zero-order valence-electron chi connectivity index (χ0n) is 17.0. The largest absolute Gasteiger partial charge is 0.357 e. The Kier molecular flexibility index (Phi) is 10.5. The average Bonchev–Trinajstić information content (AvgIpc) is 2.43.